The molecule has 15 heteroatoms. The van der Waals surface area contributed by atoms with Crippen molar-refractivity contribution in [3.05, 3.63) is 89.0 Å². The van der Waals surface area contributed by atoms with Crippen LogP contribution in [0.2, 0.25) is 0 Å². The summed E-state index contributed by atoms with van der Waals surface area (Å²) in [4.78, 5) is 70.9. The van der Waals surface area contributed by atoms with E-state index in [-0.39, 0.29) is 18.6 Å². The van der Waals surface area contributed by atoms with Gasteiger partial charge in [-0.3, -0.25) is 9.59 Å². The zero-order valence-corrected chi connectivity index (χ0v) is 27.1. The normalized spacial score (nSPS) is 13.5. The van der Waals surface area contributed by atoms with Gasteiger partial charge in [0, 0.05) is 12.6 Å². The van der Waals surface area contributed by atoms with Gasteiger partial charge in [-0.1, -0.05) is 62.4 Å². The summed E-state index contributed by atoms with van der Waals surface area (Å²) in [7, 11) is 0. The van der Waals surface area contributed by atoms with E-state index in [1.54, 1.807) is 76.2 Å². The van der Waals surface area contributed by atoms with E-state index >= 15 is 0 Å². The fourth-order valence-corrected chi connectivity index (χ4v) is 4.94. The fraction of sp³-hybridized carbons (Fsp3) is 0.394. The molecule has 1 heterocycles. The third-order valence-corrected chi connectivity index (χ3v) is 7.40. The maximum atomic E-state index is 13.7. The Labute approximate surface area is 277 Å². The molecule has 0 aliphatic rings. The Balaban J connectivity index is 1.89. The second kappa shape index (κ2) is 17.6. The van der Waals surface area contributed by atoms with Gasteiger partial charge in [0.05, 0.1) is 30.0 Å². The second-order valence-corrected chi connectivity index (χ2v) is 11.5. The number of hydrogen-bond acceptors (Lipinski definition) is 10. The molecule has 0 saturated carbocycles. The number of benzene rings is 2. The molecule has 0 radical (unpaired) electrons. The maximum absolute atomic E-state index is 13.7. The van der Waals surface area contributed by atoms with Gasteiger partial charge in [0.25, 0.3) is 0 Å². The van der Waals surface area contributed by atoms with E-state index in [0.717, 1.165) is 5.01 Å². The lowest BCUT2D eigenvalue weighted by Crippen LogP contribution is -2.63. The number of carboxylic acids is 2. The lowest BCUT2D eigenvalue weighted by molar-refractivity contribution is -0.144. The Morgan fingerprint density at radius 3 is 2.19 bits per heavy atom. The predicted octanol–water partition coefficient (Wildman–Crippen LogP) is 2.37. The smallest absolute Gasteiger partial charge is 0.425 e. The first-order chi connectivity index (χ1) is 22.8. The summed E-state index contributed by atoms with van der Waals surface area (Å²) >= 11 is 0. The Morgan fingerprint density at radius 2 is 1.62 bits per heavy atom. The van der Waals surface area contributed by atoms with E-state index in [9.17, 15) is 39.3 Å². The molecule has 258 valence electrons. The molecule has 2 aromatic carbocycles. The highest BCUT2D eigenvalue weighted by molar-refractivity contribution is 5.92. The van der Waals surface area contributed by atoms with Crippen molar-refractivity contribution >= 4 is 29.9 Å². The summed E-state index contributed by atoms with van der Waals surface area (Å²) in [5.74, 6) is -5.06. The minimum atomic E-state index is -1.68. The van der Waals surface area contributed by atoms with Crippen molar-refractivity contribution < 1.29 is 48.8 Å². The average molecular weight is 668 g/mol. The minimum Gasteiger partial charge on any atom is -0.481 e. The molecule has 48 heavy (non-hydrogen) atoms. The first-order valence-corrected chi connectivity index (χ1v) is 15.2. The quantitative estimate of drug-likeness (QED) is 0.0903. The van der Waals surface area contributed by atoms with Gasteiger partial charge in [-0.15, -0.1) is 0 Å². The monoisotopic (exact) mass is 667 g/mol. The topological polar surface area (TPSA) is 220 Å². The van der Waals surface area contributed by atoms with Crippen molar-refractivity contribution in [2.75, 3.05) is 6.61 Å². The minimum absolute atomic E-state index is 0.173. The van der Waals surface area contributed by atoms with Crippen LogP contribution in [0.3, 0.4) is 0 Å². The van der Waals surface area contributed by atoms with E-state index < -0.39 is 73.1 Å². The number of aryl methyl sites for hydroxylation is 2. The summed E-state index contributed by atoms with van der Waals surface area (Å²) in [6, 6.07) is 9.45. The number of rotatable bonds is 17. The number of nitrogens with zero attached hydrogens (tertiary/aromatic N) is 2. The number of ether oxygens (including phenoxy) is 2. The van der Waals surface area contributed by atoms with Crippen LogP contribution in [-0.2, 0) is 36.9 Å². The Kier molecular flexibility index (Phi) is 13.6. The molecule has 1 aromatic heterocycles. The molecule has 3 rings (SSSR count). The first-order valence-electron chi connectivity index (χ1n) is 15.2. The molecule has 4 atom stereocenters. The van der Waals surface area contributed by atoms with Crippen LogP contribution in [0.5, 0.6) is 0 Å². The summed E-state index contributed by atoms with van der Waals surface area (Å²) in [5, 5.41) is 33.7. The molecule has 1 unspecified atom stereocenters. The predicted molar refractivity (Wildman–Crippen MR) is 170 cm³/mol. The second-order valence-electron chi connectivity index (χ2n) is 11.5. The first kappa shape index (κ1) is 37.2. The highest BCUT2D eigenvalue weighted by atomic mass is 16.6. The third kappa shape index (κ3) is 10.6. The standard InChI is InChI=1S/C33H41N5O10/c1-19(2)29(30(42)36-25(31(43)44)13-23-15-34-18-35-23)38(33(46)48-16-22-11-6-5-7-12-22)37-24(14-27(40)41)26(39)17-47-32(45)28-20(3)9-8-10-21(28)4/h5-12,15,18-19,24-26,29,37,39H,13-14,16-17H2,1-4H3,(H,34,35)(H,36,42)(H,40,41)(H,43,44)/t24-,25-,26?,29-/m0/s1. The highest BCUT2D eigenvalue weighted by Gasteiger charge is 2.39. The number of aliphatic hydroxyl groups is 1. The highest BCUT2D eigenvalue weighted by Crippen LogP contribution is 2.18. The number of hydrazine groups is 1. The number of aliphatic carboxylic acids is 2. The molecule has 0 bridgehead atoms. The zero-order chi connectivity index (χ0) is 35.4. The number of aromatic amines is 1. The third-order valence-electron chi connectivity index (χ3n) is 7.40. The van der Waals surface area contributed by atoms with E-state index in [1.165, 1.54) is 12.5 Å². The van der Waals surface area contributed by atoms with Crippen LogP contribution in [0, 0.1) is 19.8 Å². The van der Waals surface area contributed by atoms with Crippen LogP contribution in [0.1, 0.15) is 53.0 Å². The fourth-order valence-electron chi connectivity index (χ4n) is 4.94. The lowest BCUT2D eigenvalue weighted by atomic mass is 10.0. The molecule has 2 amide bonds. The van der Waals surface area contributed by atoms with Gasteiger partial charge in [-0.05, 0) is 36.5 Å². The van der Waals surface area contributed by atoms with Crippen molar-refractivity contribution in [2.45, 2.75) is 71.4 Å². The van der Waals surface area contributed by atoms with Gasteiger partial charge < -0.3 is 35.1 Å². The number of amides is 2. The van der Waals surface area contributed by atoms with Crippen LogP contribution < -0.4 is 10.7 Å². The number of carbonyl (C=O) groups excluding carboxylic acids is 3. The molecule has 0 aliphatic carbocycles. The molecular formula is C33H41N5O10. The molecular weight excluding hydrogens is 626 g/mol. The van der Waals surface area contributed by atoms with E-state index in [4.69, 9.17) is 9.47 Å². The number of carbonyl (C=O) groups is 5. The lowest BCUT2D eigenvalue weighted by Gasteiger charge is -2.37. The van der Waals surface area contributed by atoms with Crippen LogP contribution in [0.4, 0.5) is 4.79 Å². The molecule has 15 nitrogen and oxygen atoms in total. The molecule has 0 aliphatic heterocycles. The van der Waals surface area contributed by atoms with Gasteiger partial charge in [-0.2, -0.15) is 0 Å². The molecule has 6 N–H and O–H groups in total. The number of carboxylic acid groups (broad SMARTS) is 2. The van der Waals surface area contributed by atoms with Crippen molar-refractivity contribution in [3.8, 4) is 0 Å². The number of aliphatic hydroxyl groups excluding tert-OH is 1. The van der Waals surface area contributed by atoms with E-state index in [2.05, 4.69) is 20.7 Å². The van der Waals surface area contributed by atoms with Gasteiger partial charge in [-0.25, -0.2) is 29.8 Å². The van der Waals surface area contributed by atoms with E-state index in [0.29, 0.717) is 22.4 Å². The number of imidazole rings is 1. The van der Waals surface area contributed by atoms with E-state index in [1.807, 2.05) is 0 Å². The van der Waals surface area contributed by atoms with Gasteiger partial charge >= 0.3 is 24.0 Å². The maximum Gasteiger partial charge on any atom is 0.425 e. The molecule has 0 spiro atoms. The number of H-pyrrole nitrogens is 1. The Morgan fingerprint density at radius 1 is 0.958 bits per heavy atom. The van der Waals surface area contributed by atoms with Crippen molar-refractivity contribution in [1.29, 1.82) is 0 Å². The van der Waals surface area contributed by atoms with Crippen molar-refractivity contribution in [1.82, 2.24) is 25.7 Å². The number of aromatic nitrogens is 2. The SMILES string of the molecule is Cc1cccc(C)c1C(=O)OCC(O)[C@H](CC(=O)O)NN(C(=O)OCc1ccccc1)[C@H](C(=O)N[C@@H](Cc1c[nH]cn1)C(=O)O)C(C)C. The van der Waals surface area contributed by atoms with Crippen LogP contribution >= 0.6 is 0 Å². The number of esters is 1. The average Bonchev–Trinajstić information content (AvgIpc) is 3.54. The summed E-state index contributed by atoms with van der Waals surface area (Å²) in [5.41, 5.74) is 5.17. The van der Waals surface area contributed by atoms with Gasteiger partial charge in [0.15, 0.2) is 0 Å². The van der Waals surface area contributed by atoms with Crippen molar-refractivity contribution in [3.63, 3.8) is 0 Å². The Hall–Kier alpha value is -5.28. The summed E-state index contributed by atoms with van der Waals surface area (Å²) in [6.07, 6.45) is -0.902. The van der Waals surface area contributed by atoms with Crippen LogP contribution in [-0.4, -0.2) is 91.0 Å². The molecule has 0 fully saturated rings. The Bertz CT molecular complexity index is 1530. The molecule has 3 aromatic rings. The zero-order valence-electron chi connectivity index (χ0n) is 27.1. The van der Waals surface area contributed by atoms with Gasteiger partial charge in [0.2, 0.25) is 5.91 Å². The number of nitrogens with one attached hydrogen (secondary N) is 3. The van der Waals surface area contributed by atoms with Crippen LogP contribution in [0.25, 0.3) is 0 Å². The summed E-state index contributed by atoms with van der Waals surface area (Å²) in [6.45, 7) is 5.72. The van der Waals surface area contributed by atoms with Crippen molar-refractivity contribution in [2.24, 2.45) is 5.92 Å². The molecule has 0 saturated heterocycles. The summed E-state index contributed by atoms with van der Waals surface area (Å²) < 4.78 is 10.8. The number of hydrogen-bond donors (Lipinski definition) is 6. The van der Waals surface area contributed by atoms with Crippen LogP contribution in [0.15, 0.2) is 61.1 Å². The largest absolute Gasteiger partial charge is 0.481 e. The van der Waals surface area contributed by atoms with Gasteiger partial charge in [0.1, 0.15) is 31.4 Å².